The highest BCUT2D eigenvalue weighted by atomic mass is 35.5. The fraction of sp³-hybridized carbons (Fsp3) is 0.143. The normalized spacial score (nSPS) is 10.5. The fourth-order valence-corrected chi connectivity index (χ4v) is 1.96. The van der Waals surface area contributed by atoms with Crippen molar-refractivity contribution in [2.45, 2.75) is 6.54 Å². The van der Waals surface area contributed by atoms with Crippen molar-refractivity contribution in [3.05, 3.63) is 58.9 Å². The molecule has 0 saturated carbocycles. The summed E-state index contributed by atoms with van der Waals surface area (Å²) in [5.74, 6) is -0.231. The van der Waals surface area contributed by atoms with Crippen LogP contribution in [0.15, 0.2) is 42.5 Å². The fourth-order valence-electron chi connectivity index (χ4n) is 1.79. The molecular formula is C14H13ClFN. The molecule has 3 heteroatoms. The van der Waals surface area contributed by atoms with Gasteiger partial charge >= 0.3 is 0 Å². The molecule has 0 aliphatic heterocycles. The van der Waals surface area contributed by atoms with E-state index in [0.29, 0.717) is 5.02 Å². The third kappa shape index (κ3) is 2.84. The third-order valence-corrected chi connectivity index (χ3v) is 2.83. The molecule has 0 unspecified atom stereocenters. The maximum atomic E-state index is 12.9. The molecule has 0 atom stereocenters. The Bertz CT molecular complexity index is 508. The van der Waals surface area contributed by atoms with E-state index in [9.17, 15) is 4.39 Å². The van der Waals surface area contributed by atoms with Gasteiger partial charge in [0.2, 0.25) is 0 Å². The second-order valence-corrected chi connectivity index (χ2v) is 4.28. The lowest BCUT2D eigenvalue weighted by atomic mass is 9.99. The van der Waals surface area contributed by atoms with Crippen molar-refractivity contribution in [2.75, 3.05) is 7.05 Å². The van der Waals surface area contributed by atoms with E-state index < -0.39 is 0 Å². The summed E-state index contributed by atoms with van der Waals surface area (Å²) in [5.41, 5.74) is 3.15. The number of rotatable bonds is 3. The molecule has 2 rings (SSSR count). The van der Waals surface area contributed by atoms with Gasteiger partial charge in [0.05, 0.1) is 0 Å². The van der Waals surface area contributed by atoms with Crippen molar-refractivity contribution in [3.8, 4) is 11.1 Å². The predicted octanol–water partition coefficient (Wildman–Crippen LogP) is 3.87. The lowest BCUT2D eigenvalue weighted by molar-refractivity contribution is 0.628. The zero-order valence-corrected chi connectivity index (χ0v) is 10.3. The molecular weight excluding hydrogens is 237 g/mol. The maximum absolute atomic E-state index is 12.9. The first-order valence-corrected chi connectivity index (χ1v) is 5.77. The highest BCUT2D eigenvalue weighted by Crippen LogP contribution is 2.27. The zero-order valence-electron chi connectivity index (χ0n) is 9.50. The highest BCUT2D eigenvalue weighted by Gasteiger charge is 2.05. The maximum Gasteiger partial charge on any atom is 0.123 e. The van der Waals surface area contributed by atoms with Crippen LogP contribution < -0.4 is 5.32 Å². The van der Waals surface area contributed by atoms with Crippen LogP contribution in [-0.4, -0.2) is 7.05 Å². The Hall–Kier alpha value is -1.38. The molecule has 1 nitrogen and oxygen atoms in total. The summed E-state index contributed by atoms with van der Waals surface area (Å²) < 4.78 is 12.9. The standard InChI is InChI=1S/C14H13ClFN/c1-17-9-11-2-5-12(15)8-14(11)10-3-6-13(16)7-4-10/h2-8,17H,9H2,1H3. The third-order valence-electron chi connectivity index (χ3n) is 2.59. The van der Waals surface area contributed by atoms with E-state index in [-0.39, 0.29) is 5.82 Å². The zero-order chi connectivity index (χ0) is 12.3. The average molecular weight is 250 g/mol. The van der Waals surface area contributed by atoms with Crippen molar-refractivity contribution in [1.82, 2.24) is 5.32 Å². The summed E-state index contributed by atoms with van der Waals surface area (Å²) in [5, 5.41) is 3.79. The minimum Gasteiger partial charge on any atom is -0.316 e. The first kappa shape index (κ1) is 12.1. The van der Waals surface area contributed by atoms with E-state index in [1.165, 1.54) is 12.1 Å². The van der Waals surface area contributed by atoms with Crippen LogP contribution >= 0.6 is 11.6 Å². The molecule has 0 aliphatic carbocycles. The Balaban J connectivity index is 2.48. The molecule has 0 saturated heterocycles. The molecule has 0 spiro atoms. The summed E-state index contributed by atoms with van der Waals surface area (Å²) in [4.78, 5) is 0. The van der Waals surface area contributed by atoms with Crippen LogP contribution in [0.2, 0.25) is 5.02 Å². The lowest BCUT2D eigenvalue weighted by Crippen LogP contribution is -2.06. The summed E-state index contributed by atoms with van der Waals surface area (Å²) in [6.45, 7) is 0.754. The molecule has 1 N–H and O–H groups in total. The number of hydrogen-bond donors (Lipinski definition) is 1. The van der Waals surface area contributed by atoms with Gasteiger partial charge in [-0.25, -0.2) is 4.39 Å². The molecule has 0 aliphatic rings. The van der Waals surface area contributed by atoms with Crippen LogP contribution in [0.4, 0.5) is 4.39 Å². The van der Waals surface area contributed by atoms with Crippen molar-refractivity contribution in [1.29, 1.82) is 0 Å². The van der Waals surface area contributed by atoms with Gasteiger partial charge in [0, 0.05) is 11.6 Å². The Morgan fingerprint density at radius 1 is 1.12 bits per heavy atom. The summed E-state index contributed by atoms with van der Waals surface area (Å²) in [6, 6.07) is 12.2. The van der Waals surface area contributed by atoms with Gasteiger partial charge in [-0.15, -0.1) is 0 Å². The van der Waals surface area contributed by atoms with E-state index in [2.05, 4.69) is 5.32 Å². The van der Waals surface area contributed by atoms with E-state index in [1.54, 1.807) is 12.1 Å². The summed E-state index contributed by atoms with van der Waals surface area (Å²) in [7, 11) is 1.89. The summed E-state index contributed by atoms with van der Waals surface area (Å²) in [6.07, 6.45) is 0. The van der Waals surface area contributed by atoms with Crippen LogP contribution in [0, 0.1) is 5.82 Å². The quantitative estimate of drug-likeness (QED) is 0.871. The van der Waals surface area contributed by atoms with Crippen LogP contribution in [0.25, 0.3) is 11.1 Å². The Labute approximate surface area is 105 Å². The number of halogens is 2. The molecule has 0 aromatic heterocycles. The SMILES string of the molecule is CNCc1ccc(Cl)cc1-c1ccc(F)cc1. The average Bonchev–Trinajstić information content (AvgIpc) is 2.33. The van der Waals surface area contributed by atoms with E-state index in [4.69, 9.17) is 11.6 Å². The molecule has 0 radical (unpaired) electrons. The second kappa shape index (κ2) is 5.30. The van der Waals surface area contributed by atoms with Gasteiger partial charge in [-0.2, -0.15) is 0 Å². The van der Waals surface area contributed by atoms with Crippen LogP contribution in [0.1, 0.15) is 5.56 Å². The van der Waals surface area contributed by atoms with E-state index in [1.807, 2.05) is 25.2 Å². The van der Waals surface area contributed by atoms with Crippen LogP contribution in [0.3, 0.4) is 0 Å². The minimum absolute atomic E-state index is 0.231. The van der Waals surface area contributed by atoms with Crippen LogP contribution in [-0.2, 0) is 6.54 Å². The molecule has 17 heavy (non-hydrogen) atoms. The van der Waals surface area contributed by atoms with Gasteiger partial charge in [-0.3, -0.25) is 0 Å². The van der Waals surface area contributed by atoms with Gasteiger partial charge in [0.1, 0.15) is 5.82 Å². The van der Waals surface area contributed by atoms with E-state index in [0.717, 1.165) is 23.2 Å². The largest absolute Gasteiger partial charge is 0.316 e. The van der Waals surface area contributed by atoms with Crippen molar-refractivity contribution in [3.63, 3.8) is 0 Å². The topological polar surface area (TPSA) is 12.0 Å². The number of nitrogens with one attached hydrogen (secondary N) is 1. The number of hydrogen-bond acceptors (Lipinski definition) is 1. The van der Waals surface area contributed by atoms with Gasteiger partial charge < -0.3 is 5.32 Å². The van der Waals surface area contributed by atoms with Gasteiger partial charge in [-0.05, 0) is 48.0 Å². The lowest BCUT2D eigenvalue weighted by Gasteiger charge is -2.10. The van der Waals surface area contributed by atoms with Crippen molar-refractivity contribution >= 4 is 11.6 Å². The molecule has 2 aromatic rings. The first-order chi connectivity index (χ1) is 8.20. The Kier molecular flexibility index (Phi) is 3.77. The second-order valence-electron chi connectivity index (χ2n) is 3.84. The monoisotopic (exact) mass is 249 g/mol. The highest BCUT2D eigenvalue weighted by molar-refractivity contribution is 6.30. The smallest absolute Gasteiger partial charge is 0.123 e. The molecule has 0 bridgehead atoms. The molecule has 0 heterocycles. The molecule has 2 aromatic carbocycles. The van der Waals surface area contributed by atoms with Crippen molar-refractivity contribution in [2.24, 2.45) is 0 Å². The van der Waals surface area contributed by atoms with Gasteiger partial charge in [0.15, 0.2) is 0 Å². The predicted molar refractivity (Wildman–Crippen MR) is 69.6 cm³/mol. The molecule has 0 amide bonds. The van der Waals surface area contributed by atoms with Crippen molar-refractivity contribution < 1.29 is 4.39 Å². The van der Waals surface area contributed by atoms with Gasteiger partial charge in [0.25, 0.3) is 0 Å². The molecule has 88 valence electrons. The number of benzene rings is 2. The van der Waals surface area contributed by atoms with Crippen LogP contribution in [0.5, 0.6) is 0 Å². The molecule has 0 fully saturated rings. The van der Waals surface area contributed by atoms with Gasteiger partial charge in [-0.1, -0.05) is 29.8 Å². The first-order valence-electron chi connectivity index (χ1n) is 5.39. The minimum atomic E-state index is -0.231. The summed E-state index contributed by atoms with van der Waals surface area (Å²) >= 11 is 6.00. The Morgan fingerprint density at radius 3 is 2.47 bits per heavy atom. The Morgan fingerprint density at radius 2 is 1.82 bits per heavy atom. The van der Waals surface area contributed by atoms with E-state index >= 15 is 0 Å².